The maximum atomic E-state index is 13.0. The Bertz CT molecular complexity index is 1050. The summed E-state index contributed by atoms with van der Waals surface area (Å²) in [6.45, 7) is 1.98. The number of carbonyl (C=O) groups excluding carboxylic acids is 2. The molecule has 0 saturated carbocycles. The Hall–Kier alpha value is -3.17. The fourth-order valence-corrected chi connectivity index (χ4v) is 3.75. The lowest BCUT2D eigenvalue weighted by Gasteiger charge is -2.11. The van der Waals surface area contributed by atoms with Gasteiger partial charge in [0.05, 0.1) is 24.3 Å². The number of benzene rings is 2. The molecular weight excluding hydrogens is 431 g/mol. The molecular formula is C23H25FN4O3S. The number of aliphatic hydroxyl groups is 1. The average molecular weight is 457 g/mol. The Balaban J connectivity index is 1.55. The zero-order chi connectivity index (χ0) is 22.9. The molecule has 0 spiro atoms. The van der Waals surface area contributed by atoms with Gasteiger partial charge in [-0.25, -0.2) is 9.37 Å². The smallest absolute Gasteiger partial charge is 0.240 e. The summed E-state index contributed by atoms with van der Waals surface area (Å²) in [5.74, 6) is -0.714. The number of aromatic nitrogens is 2. The van der Waals surface area contributed by atoms with Crippen molar-refractivity contribution in [3.05, 3.63) is 77.4 Å². The van der Waals surface area contributed by atoms with Gasteiger partial charge in [0.15, 0.2) is 5.16 Å². The van der Waals surface area contributed by atoms with Gasteiger partial charge in [-0.3, -0.25) is 9.59 Å². The van der Waals surface area contributed by atoms with E-state index in [-0.39, 0.29) is 43.1 Å². The van der Waals surface area contributed by atoms with Crippen LogP contribution in [0, 0.1) is 5.82 Å². The second-order valence-corrected chi connectivity index (χ2v) is 8.01. The molecule has 7 nitrogen and oxygen atoms in total. The third kappa shape index (κ3) is 6.66. The number of imidazole rings is 1. The molecule has 2 amide bonds. The van der Waals surface area contributed by atoms with Gasteiger partial charge in [0.1, 0.15) is 12.4 Å². The highest BCUT2D eigenvalue weighted by molar-refractivity contribution is 7.99. The highest BCUT2D eigenvalue weighted by atomic mass is 32.2. The third-order valence-corrected chi connectivity index (χ3v) is 5.74. The van der Waals surface area contributed by atoms with E-state index in [0.29, 0.717) is 16.5 Å². The summed E-state index contributed by atoms with van der Waals surface area (Å²) in [5.41, 5.74) is 3.15. The summed E-state index contributed by atoms with van der Waals surface area (Å²) < 4.78 is 14.6. The Labute approximate surface area is 190 Å². The lowest BCUT2D eigenvalue weighted by Crippen LogP contribution is -2.28. The van der Waals surface area contributed by atoms with Gasteiger partial charge in [-0.2, -0.15) is 0 Å². The number of halogens is 1. The van der Waals surface area contributed by atoms with Gasteiger partial charge >= 0.3 is 0 Å². The Morgan fingerprint density at radius 3 is 2.41 bits per heavy atom. The van der Waals surface area contributed by atoms with Crippen molar-refractivity contribution in [3.8, 4) is 0 Å². The van der Waals surface area contributed by atoms with Crippen LogP contribution in [0.15, 0.2) is 59.9 Å². The molecule has 0 atom stereocenters. The van der Waals surface area contributed by atoms with Crippen LogP contribution in [-0.2, 0) is 35.7 Å². The lowest BCUT2D eigenvalue weighted by molar-refractivity contribution is -0.122. The van der Waals surface area contributed by atoms with Crippen LogP contribution in [0.25, 0.3) is 0 Å². The van der Waals surface area contributed by atoms with Crippen molar-refractivity contribution in [2.45, 2.75) is 38.2 Å². The highest BCUT2D eigenvalue weighted by Crippen LogP contribution is 2.20. The topological polar surface area (TPSA) is 96.2 Å². The standard InChI is InChI=1S/C23H25FN4O3S/c1-2-16-5-9-19(10-6-16)27-22(31)15-32-23-26-12-20(14-29)28(23)13-21(30)25-11-17-3-7-18(24)8-4-17/h3-10,12,29H,2,11,13-15H2,1H3,(H,25,30)(H,27,31). The van der Waals surface area contributed by atoms with Crippen molar-refractivity contribution in [1.82, 2.24) is 14.9 Å². The van der Waals surface area contributed by atoms with Gasteiger partial charge in [0, 0.05) is 12.2 Å². The molecule has 0 radical (unpaired) electrons. The van der Waals surface area contributed by atoms with E-state index < -0.39 is 0 Å². The molecule has 0 unspecified atom stereocenters. The number of nitrogens with one attached hydrogen (secondary N) is 2. The summed E-state index contributed by atoms with van der Waals surface area (Å²) in [5, 5.41) is 15.6. The van der Waals surface area contributed by atoms with Gasteiger partial charge in [0.25, 0.3) is 0 Å². The number of thioether (sulfide) groups is 1. The van der Waals surface area contributed by atoms with Gasteiger partial charge in [0.2, 0.25) is 11.8 Å². The van der Waals surface area contributed by atoms with E-state index in [4.69, 9.17) is 0 Å². The number of amides is 2. The minimum absolute atomic E-state index is 0.0560. The number of hydrogen-bond acceptors (Lipinski definition) is 5. The fourth-order valence-electron chi connectivity index (χ4n) is 2.96. The second kappa shape index (κ2) is 11.4. The lowest BCUT2D eigenvalue weighted by atomic mass is 10.1. The Kier molecular flexibility index (Phi) is 8.41. The first kappa shape index (κ1) is 23.5. The van der Waals surface area contributed by atoms with Crippen LogP contribution in [-0.4, -0.2) is 32.2 Å². The van der Waals surface area contributed by atoms with Crippen molar-refractivity contribution < 1.29 is 19.1 Å². The Morgan fingerprint density at radius 1 is 1.06 bits per heavy atom. The molecule has 9 heteroatoms. The zero-order valence-corrected chi connectivity index (χ0v) is 18.5. The van der Waals surface area contributed by atoms with Gasteiger partial charge in [-0.15, -0.1) is 0 Å². The molecule has 0 bridgehead atoms. The summed E-state index contributed by atoms with van der Waals surface area (Å²) in [6.07, 6.45) is 2.41. The van der Waals surface area contributed by atoms with E-state index in [2.05, 4.69) is 22.5 Å². The molecule has 2 aromatic carbocycles. The molecule has 1 aromatic heterocycles. The monoisotopic (exact) mass is 456 g/mol. The van der Waals surface area contributed by atoms with E-state index in [1.54, 1.807) is 16.7 Å². The SMILES string of the molecule is CCc1ccc(NC(=O)CSc2ncc(CO)n2CC(=O)NCc2ccc(F)cc2)cc1. The minimum atomic E-state index is -0.338. The molecule has 0 aliphatic rings. The fraction of sp³-hybridized carbons (Fsp3) is 0.261. The molecule has 1 heterocycles. The first-order chi connectivity index (χ1) is 15.5. The van der Waals surface area contributed by atoms with E-state index in [0.717, 1.165) is 12.0 Å². The first-order valence-corrected chi connectivity index (χ1v) is 11.1. The Morgan fingerprint density at radius 2 is 1.75 bits per heavy atom. The van der Waals surface area contributed by atoms with Crippen molar-refractivity contribution in [2.24, 2.45) is 0 Å². The first-order valence-electron chi connectivity index (χ1n) is 10.2. The van der Waals surface area contributed by atoms with Crippen molar-refractivity contribution in [3.63, 3.8) is 0 Å². The predicted molar refractivity (Wildman–Crippen MR) is 122 cm³/mol. The number of anilines is 1. The number of carbonyl (C=O) groups is 2. The van der Waals surface area contributed by atoms with Crippen LogP contribution in [0.2, 0.25) is 0 Å². The normalized spacial score (nSPS) is 10.7. The maximum absolute atomic E-state index is 13.0. The molecule has 0 saturated heterocycles. The van der Waals surface area contributed by atoms with Crippen molar-refractivity contribution in [2.75, 3.05) is 11.1 Å². The number of aliphatic hydroxyl groups excluding tert-OH is 1. The van der Waals surface area contributed by atoms with Gasteiger partial charge < -0.3 is 20.3 Å². The molecule has 168 valence electrons. The largest absolute Gasteiger partial charge is 0.390 e. The summed E-state index contributed by atoms with van der Waals surface area (Å²) >= 11 is 1.18. The number of aryl methyl sites for hydroxylation is 1. The minimum Gasteiger partial charge on any atom is -0.390 e. The quantitative estimate of drug-likeness (QED) is 0.408. The van der Waals surface area contributed by atoms with Crippen LogP contribution >= 0.6 is 11.8 Å². The molecule has 3 N–H and O–H groups in total. The predicted octanol–water partition coefficient (Wildman–Crippen LogP) is 3.12. The number of hydrogen-bond donors (Lipinski definition) is 3. The highest BCUT2D eigenvalue weighted by Gasteiger charge is 2.15. The summed E-state index contributed by atoms with van der Waals surface area (Å²) in [4.78, 5) is 28.9. The van der Waals surface area contributed by atoms with Crippen LogP contribution in [0.3, 0.4) is 0 Å². The molecule has 32 heavy (non-hydrogen) atoms. The second-order valence-electron chi connectivity index (χ2n) is 7.07. The van der Waals surface area contributed by atoms with Crippen LogP contribution in [0.1, 0.15) is 23.7 Å². The molecule has 0 aliphatic heterocycles. The van der Waals surface area contributed by atoms with E-state index in [1.807, 2.05) is 24.3 Å². The molecule has 0 aliphatic carbocycles. The van der Waals surface area contributed by atoms with Crippen molar-refractivity contribution >= 4 is 29.3 Å². The zero-order valence-electron chi connectivity index (χ0n) is 17.7. The number of rotatable bonds is 10. The van der Waals surface area contributed by atoms with Gasteiger partial charge in [-0.1, -0.05) is 43.0 Å². The van der Waals surface area contributed by atoms with E-state index >= 15 is 0 Å². The molecule has 0 fully saturated rings. The van der Waals surface area contributed by atoms with E-state index in [1.165, 1.54) is 35.7 Å². The maximum Gasteiger partial charge on any atom is 0.240 e. The summed E-state index contributed by atoms with van der Waals surface area (Å²) in [6, 6.07) is 13.5. The van der Waals surface area contributed by atoms with Gasteiger partial charge in [-0.05, 0) is 41.8 Å². The van der Waals surface area contributed by atoms with E-state index in [9.17, 15) is 19.1 Å². The molecule has 3 aromatic rings. The molecule has 3 rings (SSSR count). The van der Waals surface area contributed by atoms with Crippen LogP contribution in [0.5, 0.6) is 0 Å². The van der Waals surface area contributed by atoms with Crippen LogP contribution in [0.4, 0.5) is 10.1 Å². The third-order valence-electron chi connectivity index (χ3n) is 4.75. The number of nitrogens with zero attached hydrogens (tertiary/aromatic N) is 2. The average Bonchev–Trinajstić information content (AvgIpc) is 3.19. The van der Waals surface area contributed by atoms with Crippen LogP contribution < -0.4 is 10.6 Å². The van der Waals surface area contributed by atoms with Crippen molar-refractivity contribution in [1.29, 1.82) is 0 Å². The summed E-state index contributed by atoms with van der Waals surface area (Å²) in [7, 11) is 0.